The fraction of sp³-hybridized carbons (Fsp3) is 0.643. The predicted octanol–water partition coefficient (Wildman–Crippen LogP) is 0.854. The third kappa shape index (κ3) is 4.40. The summed E-state index contributed by atoms with van der Waals surface area (Å²) in [6.07, 6.45) is 1.07. The molecule has 148 valence electrons. The summed E-state index contributed by atoms with van der Waals surface area (Å²) >= 11 is 6.04. The molecule has 0 spiro atoms. The Balaban J connectivity index is 1.51. The zero-order valence-corrected chi connectivity index (χ0v) is 15.8. The van der Waals surface area contributed by atoms with E-state index in [1.807, 2.05) is 0 Å². The number of halogens is 1. The van der Waals surface area contributed by atoms with E-state index in [1.54, 1.807) is 10.9 Å². The number of nitrogens with one attached hydrogen (secondary N) is 1. The smallest absolute Gasteiger partial charge is 0.350 e. The molecule has 0 amide bonds. The van der Waals surface area contributed by atoms with E-state index < -0.39 is 32.4 Å². The largest absolute Gasteiger partial charge is 0.390 e. The number of hydrogen-bond acceptors (Lipinski definition) is 8. The molecular formula is C14H19ClN5O6P. The maximum absolute atomic E-state index is 10.8. The van der Waals surface area contributed by atoms with Crippen LogP contribution < -0.4 is 5.32 Å². The summed E-state index contributed by atoms with van der Waals surface area (Å²) in [6, 6.07) is 0.365. The van der Waals surface area contributed by atoms with Crippen LogP contribution in [0, 0.1) is 0 Å². The lowest BCUT2D eigenvalue weighted by atomic mass is 10.2. The lowest BCUT2D eigenvalue weighted by Gasteiger charge is -2.16. The first-order valence-electron chi connectivity index (χ1n) is 8.42. The van der Waals surface area contributed by atoms with Crippen molar-refractivity contribution in [1.29, 1.82) is 0 Å². The van der Waals surface area contributed by atoms with Crippen molar-refractivity contribution in [3.05, 3.63) is 11.6 Å². The van der Waals surface area contributed by atoms with Crippen LogP contribution in [0.1, 0.15) is 25.5 Å². The molecule has 1 saturated heterocycles. The fourth-order valence-corrected chi connectivity index (χ4v) is 3.45. The van der Waals surface area contributed by atoms with Crippen LogP contribution in [0.3, 0.4) is 0 Å². The Morgan fingerprint density at radius 3 is 2.89 bits per heavy atom. The molecule has 4 N–H and O–H groups in total. The molecule has 1 saturated carbocycles. The van der Waals surface area contributed by atoms with Gasteiger partial charge in [-0.15, -0.1) is 0 Å². The Hall–Kier alpha value is -1.33. The van der Waals surface area contributed by atoms with Gasteiger partial charge in [0.25, 0.3) is 0 Å². The molecule has 1 aliphatic carbocycles. The van der Waals surface area contributed by atoms with Gasteiger partial charge in [0, 0.05) is 12.5 Å². The third-order valence-electron chi connectivity index (χ3n) is 4.37. The van der Waals surface area contributed by atoms with Gasteiger partial charge in [-0.1, -0.05) is 0 Å². The van der Waals surface area contributed by atoms with Crippen molar-refractivity contribution < 1.29 is 28.9 Å². The molecule has 0 bridgehead atoms. The van der Waals surface area contributed by atoms with Gasteiger partial charge >= 0.3 is 7.60 Å². The number of fused-ring (bicyclic) bond motifs is 1. The highest BCUT2D eigenvalue weighted by atomic mass is 35.5. The number of aromatic nitrogens is 4. The van der Waals surface area contributed by atoms with Crippen LogP contribution in [0.25, 0.3) is 11.2 Å². The Morgan fingerprint density at radius 2 is 2.19 bits per heavy atom. The molecule has 11 nitrogen and oxygen atoms in total. The van der Waals surface area contributed by atoms with Gasteiger partial charge in [0.05, 0.1) is 19.0 Å². The third-order valence-corrected chi connectivity index (χ3v) is 5.06. The molecule has 3 atom stereocenters. The summed E-state index contributed by atoms with van der Waals surface area (Å²) in [7, 11) is -4.27. The van der Waals surface area contributed by atoms with Crippen molar-refractivity contribution in [3.8, 4) is 0 Å². The van der Waals surface area contributed by atoms with Crippen molar-refractivity contribution in [2.75, 3.05) is 18.3 Å². The zero-order valence-electron chi connectivity index (χ0n) is 14.1. The van der Waals surface area contributed by atoms with E-state index in [9.17, 15) is 9.67 Å². The number of aliphatic hydroxyl groups excluding tert-OH is 1. The lowest BCUT2D eigenvalue weighted by molar-refractivity contribution is -0.0564. The molecule has 4 rings (SSSR count). The molecule has 2 aromatic rings. The van der Waals surface area contributed by atoms with Crippen molar-refractivity contribution >= 4 is 36.2 Å². The molecule has 27 heavy (non-hydrogen) atoms. The highest BCUT2D eigenvalue weighted by Gasteiger charge is 2.36. The molecule has 2 aliphatic rings. The van der Waals surface area contributed by atoms with Crippen LogP contribution in [0.5, 0.6) is 0 Å². The fourth-order valence-electron chi connectivity index (χ4n) is 2.95. The molecule has 0 radical (unpaired) electrons. The summed E-state index contributed by atoms with van der Waals surface area (Å²) in [5, 5.41) is 13.5. The minimum atomic E-state index is -4.27. The quantitative estimate of drug-likeness (QED) is 0.375. The van der Waals surface area contributed by atoms with E-state index in [0.717, 1.165) is 12.8 Å². The number of aliphatic hydroxyl groups is 1. The topological polar surface area (TPSA) is 152 Å². The molecule has 2 fully saturated rings. The Labute approximate surface area is 158 Å². The van der Waals surface area contributed by atoms with Crippen LogP contribution in [0.4, 0.5) is 5.82 Å². The second-order valence-electron chi connectivity index (χ2n) is 6.68. The van der Waals surface area contributed by atoms with Gasteiger partial charge in [0.2, 0.25) is 5.28 Å². The Kier molecular flexibility index (Phi) is 5.10. The van der Waals surface area contributed by atoms with E-state index in [0.29, 0.717) is 23.0 Å². The molecular weight excluding hydrogens is 401 g/mol. The van der Waals surface area contributed by atoms with Gasteiger partial charge in [-0.3, -0.25) is 9.13 Å². The van der Waals surface area contributed by atoms with Crippen molar-refractivity contribution in [1.82, 2.24) is 19.5 Å². The zero-order chi connectivity index (χ0) is 19.2. The van der Waals surface area contributed by atoms with Gasteiger partial charge in [-0.2, -0.15) is 9.97 Å². The van der Waals surface area contributed by atoms with Crippen LogP contribution in [0.2, 0.25) is 5.28 Å². The summed E-state index contributed by atoms with van der Waals surface area (Å²) in [5.74, 6) is 0.561. The highest BCUT2D eigenvalue weighted by Crippen LogP contribution is 2.36. The second-order valence-corrected chi connectivity index (χ2v) is 8.61. The normalized spacial score (nSPS) is 26.0. The molecule has 1 aliphatic heterocycles. The summed E-state index contributed by atoms with van der Waals surface area (Å²) in [4.78, 5) is 30.4. The van der Waals surface area contributed by atoms with Crippen molar-refractivity contribution in [2.45, 2.75) is 43.7 Å². The van der Waals surface area contributed by atoms with Crippen LogP contribution in [-0.2, 0) is 14.0 Å². The number of hydrogen-bond donors (Lipinski definition) is 4. The Bertz CT molecular complexity index is 886. The van der Waals surface area contributed by atoms with E-state index in [4.69, 9.17) is 30.9 Å². The summed E-state index contributed by atoms with van der Waals surface area (Å²) in [5.41, 5.74) is 1.04. The molecule has 3 heterocycles. The predicted molar refractivity (Wildman–Crippen MR) is 94.4 cm³/mol. The number of rotatable bonds is 7. The molecule has 1 unspecified atom stereocenters. The first kappa shape index (κ1) is 19.0. The monoisotopic (exact) mass is 419 g/mol. The lowest BCUT2D eigenvalue weighted by Crippen LogP contribution is -2.26. The van der Waals surface area contributed by atoms with Crippen molar-refractivity contribution in [3.63, 3.8) is 0 Å². The number of anilines is 1. The average Bonchev–Trinajstić information content (AvgIpc) is 3.16. The van der Waals surface area contributed by atoms with Crippen LogP contribution in [0.15, 0.2) is 6.33 Å². The number of nitrogens with zero attached hydrogens (tertiary/aromatic N) is 4. The standard InChI is InChI=1S/C14H19ClN5O6P/c15-14-18-12(17-7-1-2-7)11-13(19-14)20(5-16-11)10-3-8(21)9(26-10)4-25-6-27(22,23)24/h5,7-10,21H,1-4,6H2,(H,17,18,19)(H2,22,23,24)/t8-,9+,10?/m0/s1. The minimum Gasteiger partial charge on any atom is -0.390 e. The summed E-state index contributed by atoms with van der Waals surface area (Å²) < 4.78 is 23.3. The van der Waals surface area contributed by atoms with Gasteiger partial charge < -0.3 is 29.7 Å². The van der Waals surface area contributed by atoms with Gasteiger partial charge in [0.15, 0.2) is 17.0 Å². The van der Waals surface area contributed by atoms with Gasteiger partial charge in [-0.05, 0) is 24.4 Å². The van der Waals surface area contributed by atoms with E-state index in [2.05, 4.69) is 20.3 Å². The van der Waals surface area contributed by atoms with E-state index in [-0.39, 0.29) is 18.3 Å². The first-order valence-corrected chi connectivity index (χ1v) is 10.6. The SMILES string of the molecule is O=P(O)(O)COC[C@H]1OC(n2cnc3c(NC4CC4)nc(Cl)nc32)C[C@@H]1O. The number of imidazole rings is 1. The molecule has 13 heteroatoms. The highest BCUT2D eigenvalue weighted by molar-refractivity contribution is 7.51. The number of ether oxygens (including phenoxy) is 2. The molecule has 0 aromatic carbocycles. The molecule has 2 aromatic heterocycles. The van der Waals surface area contributed by atoms with Gasteiger partial charge in [-0.25, -0.2) is 4.98 Å². The maximum Gasteiger partial charge on any atom is 0.350 e. The Morgan fingerprint density at radius 1 is 1.41 bits per heavy atom. The minimum absolute atomic E-state index is 0.0764. The van der Waals surface area contributed by atoms with Crippen LogP contribution >= 0.6 is 19.2 Å². The van der Waals surface area contributed by atoms with Gasteiger partial charge in [0.1, 0.15) is 18.7 Å². The first-order chi connectivity index (χ1) is 12.8. The summed E-state index contributed by atoms with van der Waals surface area (Å²) in [6.45, 7) is -0.139. The maximum atomic E-state index is 10.8. The van der Waals surface area contributed by atoms with E-state index in [1.165, 1.54) is 0 Å². The average molecular weight is 420 g/mol. The van der Waals surface area contributed by atoms with Crippen molar-refractivity contribution in [2.24, 2.45) is 0 Å². The van der Waals surface area contributed by atoms with Crippen LogP contribution in [-0.4, -0.2) is 65.6 Å². The van der Waals surface area contributed by atoms with E-state index >= 15 is 0 Å². The second kappa shape index (κ2) is 7.25.